The summed E-state index contributed by atoms with van der Waals surface area (Å²) in [7, 11) is 0. The van der Waals surface area contributed by atoms with Gasteiger partial charge in [0.2, 0.25) is 6.33 Å². The van der Waals surface area contributed by atoms with Crippen molar-refractivity contribution in [2.24, 2.45) is 5.41 Å². The number of aromatic nitrogens is 2. The lowest BCUT2D eigenvalue weighted by Gasteiger charge is -2.36. The summed E-state index contributed by atoms with van der Waals surface area (Å²) in [6.45, 7) is 14.4. The zero-order valence-corrected chi connectivity index (χ0v) is 16.9. The lowest BCUT2D eigenvalue weighted by Crippen LogP contribution is -2.54. The summed E-state index contributed by atoms with van der Waals surface area (Å²) in [5.74, 6) is 0.929. The van der Waals surface area contributed by atoms with Gasteiger partial charge in [-0.25, -0.2) is 4.57 Å². The SMILES string of the molecule is CCOc1ccccc1-n1cc[n+](C(C)(CC)CC(C)(CC)CC)c1. The molecule has 1 heterocycles. The number of hydrogen-bond acceptors (Lipinski definition) is 1. The number of rotatable bonds is 9. The second-order valence-electron chi connectivity index (χ2n) is 7.67. The molecule has 2 aromatic rings. The monoisotopic (exact) mass is 343 g/mol. The second-order valence-corrected chi connectivity index (χ2v) is 7.67. The minimum absolute atomic E-state index is 0.118. The molecule has 0 aliphatic rings. The first kappa shape index (κ1) is 19.6. The molecule has 3 nitrogen and oxygen atoms in total. The average molecular weight is 344 g/mol. The maximum atomic E-state index is 5.80. The summed E-state index contributed by atoms with van der Waals surface area (Å²) in [5, 5.41) is 0. The Balaban J connectivity index is 2.36. The van der Waals surface area contributed by atoms with E-state index >= 15 is 0 Å². The highest BCUT2D eigenvalue weighted by molar-refractivity contribution is 5.46. The molecule has 1 unspecified atom stereocenters. The van der Waals surface area contributed by atoms with Gasteiger partial charge in [0.15, 0.2) is 11.4 Å². The Hall–Kier alpha value is -1.77. The minimum atomic E-state index is 0.118. The van der Waals surface area contributed by atoms with Crippen LogP contribution in [0, 0.1) is 5.41 Å². The van der Waals surface area contributed by atoms with Gasteiger partial charge in [-0.2, -0.15) is 4.57 Å². The quantitative estimate of drug-likeness (QED) is 0.549. The average Bonchev–Trinajstić information content (AvgIpc) is 3.13. The first-order valence-electron chi connectivity index (χ1n) is 9.73. The van der Waals surface area contributed by atoms with Crippen molar-refractivity contribution in [1.29, 1.82) is 0 Å². The third-order valence-electron chi connectivity index (χ3n) is 5.98. The molecule has 0 spiro atoms. The first-order chi connectivity index (χ1) is 11.9. The van der Waals surface area contributed by atoms with Crippen LogP contribution in [0.5, 0.6) is 5.75 Å². The van der Waals surface area contributed by atoms with Crippen molar-refractivity contribution in [3.8, 4) is 11.4 Å². The molecule has 0 fully saturated rings. The Morgan fingerprint density at radius 3 is 2.28 bits per heavy atom. The summed E-state index contributed by atoms with van der Waals surface area (Å²) in [6.07, 6.45) is 11.3. The van der Waals surface area contributed by atoms with Gasteiger partial charge in [0, 0.05) is 0 Å². The molecule has 138 valence electrons. The van der Waals surface area contributed by atoms with Crippen LogP contribution in [0.1, 0.15) is 67.2 Å². The zero-order valence-electron chi connectivity index (χ0n) is 16.9. The van der Waals surface area contributed by atoms with Crippen LogP contribution in [0.15, 0.2) is 43.0 Å². The van der Waals surface area contributed by atoms with Gasteiger partial charge in [0.1, 0.15) is 17.9 Å². The van der Waals surface area contributed by atoms with Crippen LogP contribution >= 0.6 is 0 Å². The predicted octanol–water partition coefficient (Wildman–Crippen LogP) is 5.51. The molecule has 1 atom stereocenters. The Kier molecular flexibility index (Phi) is 6.31. The van der Waals surface area contributed by atoms with E-state index in [1.165, 1.54) is 19.3 Å². The molecule has 1 aromatic heterocycles. The molecule has 0 bridgehead atoms. The van der Waals surface area contributed by atoms with E-state index < -0.39 is 0 Å². The van der Waals surface area contributed by atoms with E-state index in [-0.39, 0.29) is 5.54 Å². The third kappa shape index (κ3) is 4.26. The van der Waals surface area contributed by atoms with Crippen molar-refractivity contribution in [1.82, 2.24) is 4.57 Å². The van der Waals surface area contributed by atoms with Crippen LogP contribution in [-0.4, -0.2) is 11.2 Å². The summed E-state index contributed by atoms with van der Waals surface area (Å²) in [4.78, 5) is 0. The van der Waals surface area contributed by atoms with Crippen molar-refractivity contribution < 1.29 is 9.30 Å². The smallest absolute Gasteiger partial charge is 0.249 e. The standard InChI is InChI=1S/C22H35N2O/c1-7-21(5,8-2)17-22(6,9-3)24-16-15-23(18-24)19-13-11-12-14-20(19)25-10-4/h11-16,18H,7-10,17H2,1-6H3/q+1. The molecule has 0 aliphatic carbocycles. The predicted molar refractivity (Wildman–Crippen MR) is 104 cm³/mol. The van der Waals surface area contributed by atoms with Gasteiger partial charge >= 0.3 is 0 Å². The highest BCUT2D eigenvalue weighted by Gasteiger charge is 2.37. The maximum Gasteiger partial charge on any atom is 0.249 e. The topological polar surface area (TPSA) is 18.0 Å². The van der Waals surface area contributed by atoms with E-state index in [2.05, 4.69) is 74.6 Å². The van der Waals surface area contributed by atoms with Crippen LogP contribution < -0.4 is 9.30 Å². The third-order valence-corrected chi connectivity index (χ3v) is 5.98. The number of ether oxygens (including phenoxy) is 1. The molecule has 0 amide bonds. The first-order valence-corrected chi connectivity index (χ1v) is 9.73. The normalized spacial score (nSPS) is 14.3. The molecule has 0 aliphatic heterocycles. The van der Waals surface area contributed by atoms with E-state index in [1.54, 1.807) is 0 Å². The number of para-hydroxylation sites is 2. The lowest BCUT2D eigenvalue weighted by atomic mass is 9.73. The Morgan fingerprint density at radius 2 is 1.68 bits per heavy atom. The second kappa shape index (κ2) is 8.07. The number of hydrogen-bond donors (Lipinski definition) is 0. The molecule has 2 rings (SSSR count). The summed E-state index contributed by atoms with van der Waals surface area (Å²) >= 11 is 0. The van der Waals surface area contributed by atoms with Crippen molar-refractivity contribution >= 4 is 0 Å². The fourth-order valence-electron chi connectivity index (χ4n) is 3.58. The number of benzene rings is 1. The van der Waals surface area contributed by atoms with Crippen molar-refractivity contribution in [3.05, 3.63) is 43.0 Å². The summed E-state index contributed by atoms with van der Waals surface area (Å²) in [5.41, 5.74) is 1.59. The van der Waals surface area contributed by atoms with Gasteiger partial charge in [-0.05, 0) is 44.2 Å². The van der Waals surface area contributed by atoms with Crippen molar-refractivity contribution in [3.63, 3.8) is 0 Å². The van der Waals surface area contributed by atoms with E-state index in [1.807, 2.05) is 19.1 Å². The van der Waals surface area contributed by atoms with Gasteiger partial charge in [0.25, 0.3) is 0 Å². The van der Waals surface area contributed by atoms with Crippen molar-refractivity contribution in [2.75, 3.05) is 6.61 Å². The Labute approximate surface area is 153 Å². The minimum Gasteiger partial charge on any atom is -0.489 e. The van der Waals surface area contributed by atoms with Gasteiger partial charge in [-0.3, -0.25) is 0 Å². The highest BCUT2D eigenvalue weighted by atomic mass is 16.5. The van der Waals surface area contributed by atoms with E-state index in [9.17, 15) is 0 Å². The zero-order chi connectivity index (χ0) is 18.5. The number of imidazole rings is 1. The largest absolute Gasteiger partial charge is 0.489 e. The van der Waals surface area contributed by atoms with Crippen molar-refractivity contribution in [2.45, 2.75) is 72.8 Å². The summed E-state index contributed by atoms with van der Waals surface area (Å²) in [6, 6.07) is 8.23. The van der Waals surface area contributed by atoms with Gasteiger partial charge < -0.3 is 4.74 Å². The van der Waals surface area contributed by atoms with E-state index in [0.717, 1.165) is 17.9 Å². The lowest BCUT2D eigenvalue weighted by molar-refractivity contribution is -0.764. The maximum absolute atomic E-state index is 5.80. The Bertz CT molecular complexity index is 672. The van der Waals surface area contributed by atoms with Gasteiger partial charge in [0.05, 0.1) is 6.61 Å². The molecule has 0 saturated heterocycles. The molecule has 1 aromatic carbocycles. The number of nitrogens with zero attached hydrogens (tertiary/aromatic N) is 2. The summed E-state index contributed by atoms with van der Waals surface area (Å²) < 4.78 is 10.4. The molecule has 0 saturated carbocycles. The molecule has 0 N–H and O–H groups in total. The molecule has 0 radical (unpaired) electrons. The van der Waals surface area contributed by atoms with Gasteiger partial charge in [-0.1, -0.05) is 52.7 Å². The van der Waals surface area contributed by atoms with E-state index in [4.69, 9.17) is 4.74 Å². The van der Waals surface area contributed by atoms with Crippen LogP contribution in [0.25, 0.3) is 5.69 Å². The fraction of sp³-hybridized carbons (Fsp3) is 0.591. The van der Waals surface area contributed by atoms with Gasteiger partial charge in [-0.15, -0.1) is 0 Å². The van der Waals surface area contributed by atoms with Crippen LogP contribution in [0.4, 0.5) is 0 Å². The molecule has 25 heavy (non-hydrogen) atoms. The highest BCUT2D eigenvalue weighted by Crippen LogP contribution is 2.37. The van der Waals surface area contributed by atoms with Crippen LogP contribution in [-0.2, 0) is 5.54 Å². The Morgan fingerprint density at radius 1 is 1.00 bits per heavy atom. The van der Waals surface area contributed by atoms with Crippen LogP contribution in [0.3, 0.4) is 0 Å². The van der Waals surface area contributed by atoms with Crippen LogP contribution in [0.2, 0.25) is 0 Å². The molecule has 3 heteroatoms. The van der Waals surface area contributed by atoms with E-state index in [0.29, 0.717) is 12.0 Å². The molecular formula is C22H35N2O+. The fourth-order valence-corrected chi connectivity index (χ4v) is 3.58. The molecular weight excluding hydrogens is 308 g/mol.